The minimum Gasteiger partial charge on any atom is -0.330 e. The van der Waals surface area contributed by atoms with Crippen LogP contribution in [-0.2, 0) is 0 Å². The molecule has 0 saturated heterocycles. The molecule has 2 saturated carbocycles. The maximum Gasteiger partial charge on any atom is 0.00928 e. The lowest BCUT2D eigenvalue weighted by molar-refractivity contribution is 0.109. The zero-order valence-corrected chi connectivity index (χ0v) is 12.0. The highest BCUT2D eigenvalue weighted by Crippen LogP contribution is 2.49. The number of nitrogens with two attached hydrogens (primary N) is 1. The number of rotatable bonds is 5. The van der Waals surface area contributed by atoms with Crippen molar-refractivity contribution in [3.05, 3.63) is 0 Å². The van der Waals surface area contributed by atoms with E-state index >= 15 is 0 Å². The third-order valence-electron chi connectivity index (χ3n) is 5.15. The van der Waals surface area contributed by atoms with Crippen molar-refractivity contribution in [2.75, 3.05) is 20.1 Å². The maximum absolute atomic E-state index is 5.73. The lowest BCUT2D eigenvalue weighted by Crippen LogP contribution is -2.40. The van der Waals surface area contributed by atoms with Crippen LogP contribution in [0.1, 0.15) is 58.8 Å². The summed E-state index contributed by atoms with van der Waals surface area (Å²) in [5.41, 5.74) is 6.92. The van der Waals surface area contributed by atoms with E-state index in [1.807, 2.05) is 0 Å². The normalized spacial score (nSPS) is 27.4. The largest absolute Gasteiger partial charge is 0.330 e. The molecule has 0 aromatic carbocycles. The number of hydrogen-bond donors (Lipinski definition) is 1. The maximum atomic E-state index is 5.73. The van der Waals surface area contributed by atoms with E-state index in [1.165, 1.54) is 51.5 Å². The fourth-order valence-corrected chi connectivity index (χ4v) is 3.45. The van der Waals surface area contributed by atoms with Gasteiger partial charge in [-0.05, 0) is 69.4 Å². The summed E-state index contributed by atoms with van der Waals surface area (Å²) in [5, 5.41) is 0. The van der Waals surface area contributed by atoms with Crippen molar-refractivity contribution >= 4 is 0 Å². The molecule has 0 aromatic heterocycles. The Balaban J connectivity index is 1.79. The van der Waals surface area contributed by atoms with Crippen molar-refractivity contribution in [1.29, 1.82) is 0 Å². The van der Waals surface area contributed by atoms with E-state index in [1.54, 1.807) is 0 Å². The van der Waals surface area contributed by atoms with E-state index in [4.69, 9.17) is 5.73 Å². The summed E-state index contributed by atoms with van der Waals surface area (Å²) >= 11 is 0. The van der Waals surface area contributed by atoms with Crippen molar-refractivity contribution in [3.8, 4) is 0 Å². The molecule has 2 rings (SSSR count). The highest BCUT2D eigenvalue weighted by atomic mass is 15.1. The average molecular weight is 238 g/mol. The highest BCUT2D eigenvalue weighted by molar-refractivity contribution is 4.96. The van der Waals surface area contributed by atoms with Crippen LogP contribution in [0.2, 0.25) is 0 Å². The molecule has 100 valence electrons. The SMILES string of the molecule is CN(CC1(CCN)CC1)C1CCC(C)(C)CC1. The van der Waals surface area contributed by atoms with Crippen LogP contribution < -0.4 is 5.73 Å². The third kappa shape index (κ3) is 3.45. The molecule has 2 nitrogen and oxygen atoms in total. The fourth-order valence-electron chi connectivity index (χ4n) is 3.45. The van der Waals surface area contributed by atoms with Gasteiger partial charge in [-0.1, -0.05) is 13.8 Å². The van der Waals surface area contributed by atoms with Gasteiger partial charge in [0, 0.05) is 12.6 Å². The van der Waals surface area contributed by atoms with E-state index in [2.05, 4.69) is 25.8 Å². The minimum atomic E-state index is 0.589. The summed E-state index contributed by atoms with van der Waals surface area (Å²) < 4.78 is 0. The fraction of sp³-hybridized carbons (Fsp3) is 1.00. The van der Waals surface area contributed by atoms with Gasteiger partial charge in [-0.25, -0.2) is 0 Å². The van der Waals surface area contributed by atoms with Crippen molar-refractivity contribution in [2.45, 2.75) is 64.8 Å². The van der Waals surface area contributed by atoms with Crippen molar-refractivity contribution in [1.82, 2.24) is 4.90 Å². The molecule has 0 atom stereocenters. The van der Waals surface area contributed by atoms with Crippen LogP contribution in [0.5, 0.6) is 0 Å². The highest BCUT2D eigenvalue weighted by Gasteiger charge is 2.43. The molecule has 2 N–H and O–H groups in total. The first-order valence-electron chi connectivity index (χ1n) is 7.37. The average Bonchev–Trinajstić information content (AvgIpc) is 2.98. The summed E-state index contributed by atoms with van der Waals surface area (Å²) in [6.45, 7) is 6.99. The van der Waals surface area contributed by atoms with E-state index in [-0.39, 0.29) is 0 Å². The molecular formula is C15H30N2. The zero-order valence-electron chi connectivity index (χ0n) is 12.0. The van der Waals surface area contributed by atoms with Crippen LogP contribution in [0.3, 0.4) is 0 Å². The van der Waals surface area contributed by atoms with Crippen LogP contribution in [0, 0.1) is 10.8 Å². The molecule has 17 heavy (non-hydrogen) atoms. The molecule has 2 heteroatoms. The monoisotopic (exact) mass is 238 g/mol. The predicted octanol–water partition coefficient (Wildman–Crippen LogP) is 3.02. The van der Waals surface area contributed by atoms with Crippen LogP contribution in [0.4, 0.5) is 0 Å². The van der Waals surface area contributed by atoms with Gasteiger partial charge in [0.2, 0.25) is 0 Å². The lowest BCUT2D eigenvalue weighted by atomic mass is 9.75. The molecule has 0 heterocycles. The number of nitrogens with zero attached hydrogens (tertiary/aromatic N) is 1. The first kappa shape index (κ1) is 13.4. The van der Waals surface area contributed by atoms with Crippen LogP contribution in [0.15, 0.2) is 0 Å². The summed E-state index contributed by atoms with van der Waals surface area (Å²) in [4.78, 5) is 2.64. The van der Waals surface area contributed by atoms with Crippen molar-refractivity contribution in [3.63, 3.8) is 0 Å². The Kier molecular flexibility index (Phi) is 3.84. The lowest BCUT2D eigenvalue weighted by Gasteiger charge is -2.39. The molecule has 2 aliphatic carbocycles. The quantitative estimate of drug-likeness (QED) is 0.798. The Labute approximate surface area is 107 Å². The first-order valence-corrected chi connectivity index (χ1v) is 7.37. The molecular weight excluding hydrogens is 208 g/mol. The molecule has 0 bridgehead atoms. The van der Waals surface area contributed by atoms with Crippen molar-refractivity contribution < 1.29 is 0 Å². The van der Waals surface area contributed by atoms with Gasteiger partial charge >= 0.3 is 0 Å². The summed E-state index contributed by atoms with van der Waals surface area (Å²) in [6.07, 6.45) is 9.62. The van der Waals surface area contributed by atoms with Crippen molar-refractivity contribution in [2.24, 2.45) is 16.6 Å². The molecule has 0 aromatic rings. The number of hydrogen-bond acceptors (Lipinski definition) is 2. The van der Waals surface area contributed by atoms with Gasteiger partial charge in [-0.15, -0.1) is 0 Å². The Morgan fingerprint density at radius 3 is 2.18 bits per heavy atom. The zero-order chi connectivity index (χ0) is 12.5. The third-order valence-corrected chi connectivity index (χ3v) is 5.15. The van der Waals surface area contributed by atoms with E-state index in [0.29, 0.717) is 10.8 Å². The van der Waals surface area contributed by atoms with Crippen LogP contribution in [-0.4, -0.2) is 31.1 Å². The standard InChI is InChI=1S/C15H30N2/c1-14(2)6-4-13(5-7-14)17(3)12-15(8-9-15)10-11-16/h13H,4-12,16H2,1-3H3. The summed E-state index contributed by atoms with van der Waals surface area (Å²) in [6, 6.07) is 0.832. The van der Waals surface area contributed by atoms with Gasteiger partial charge in [0.15, 0.2) is 0 Å². The second kappa shape index (κ2) is 4.89. The predicted molar refractivity (Wildman–Crippen MR) is 74.0 cm³/mol. The molecule has 0 radical (unpaired) electrons. The van der Waals surface area contributed by atoms with Gasteiger partial charge in [0.1, 0.15) is 0 Å². The molecule has 0 spiro atoms. The van der Waals surface area contributed by atoms with E-state index < -0.39 is 0 Å². The summed E-state index contributed by atoms with van der Waals surface area (Å²) in [5.74, 6) is 0. The minimum absolute atomic E-state index is 0.589. The van der Waals surface area contributed by atoms with E-state index in [0.717, 1.165) is 12.6 Å². The van der Waals surface area contributed by atoms with Gasteiger partial charge in [0.25, 0.3) is 0 Å². The Hall–Kier alpha value is -0.0800. The smallest absolute Gasteiger partial charge is 0.00928 e. The molecule has 0 amide bonds. The second-order valence-electron chi connectivity index (χ2n) is 7.35. The van der Waals surface area contributed by atoms with Crippen LogP contribution in [0.25, 0.3) is 0 Å². The van der Waals surface area contributed by atoms with E-state index in [9.17, 15) is 0 Å². The molecule has 0 aliphatic heterocycles. The Bertz CT molecular complexity index is 246. The van der Waals surface area contributed by atoms with Gasteiger partial charge < -0.3 is 10.6 Å². The van der Waals surface area contributed by atoms with Crippen LogP contribution >= 0.6 is 0 Å². The van der Waals surface area contributed by atoms with Gasteiger partial charge in [-0.2, -0.15) is 0 Å². The second-order valence-corrected chi connectivity index (χ2v) is 7.35. The molecule has 2 fully saturated rings. The Morgan fingerprint density at radius 1 is 1.12 bits per heavy atom. The Morgan fingerprint density at radius 2 is 1.71 bits per heavy atom. The molecule has 2 aliphatic rings. The van der Waals surface area contributed by atoms with Gasteiger partial charge in [-0.3, -0.25) is 0 Å². The van der Waals surface area contributed by atoms with Gasteiger partial charge in [0.05, 0.1) is 0 Å². The molecule has 0 unspecified atom stereocenters. The topological polar surface area (TPSA) is 29.3 Å². The summed E-state index contributed by atoms with van der Waals surface area (Å²) in [7, 11) is 2.33. The first-order chi connectivity index (χ1) is 7.96.